The third-order valence-corrected chi connectivity index (χ3v) is 3.84. The number of halogens is 1. The Hall–Kier alpha value is -1.27. The summed E-state index contributed by atoms with van der Waals surface area (Å²) in [5.74, 6) is -0.213. The van der Waals surface area contributed by atoms with E-state index in [0.29, 0.717) is 26.3 Å². The average Bonchev–Trinajstić information content (AvgIpc) is 2.97. The highest BCUT2D eigenvalue weighted by atomic mass is 32.1. The van der Waals surface area contributed by atoms with Crippen molar-refractivity contribution in [1.82, 2.24) is 5.32 Å². The summed E-state index contributed by atoms with van der Waals surface area (Å²) in [6.45, 7) is 2.02. The van der Waals surface area contributed by atoms with Crippen LogP contribution in [0.2, 0.25) is 0 Å². The van der Waals surface area contributed by atoms with Gasteiger partial charge in [-0.25, -0.2) is 4.39 Å². The predicted molar refractivity (Wildman–Crippen MR) is 83.0 cm³/mol. The second-order valence-electron chi connectivity index (χ2n) is 4.83. The van der Waals surface area contributed by atoms with Gasteiger partial charge in [-0.3, -0.25) is 0 Å². The Labute approximate surface area is 128 Å². The molecule has 0 radical (unpaired) electrons. The molecule has 114 valence electrons. The lowest BCUT2D eigenvalue weighted by Crippen LogP contribution is -2.31. The Balaban J connectivity index is 1.53. The van der Waals surface area contributed by atoms with Gasteiger partial charge < -0.3 is 15.2 Å². The summed E-state index contributed by atoms with van der Waals surface area (Å²) in [6.07, 6.45) is 0.207. The van der Waals surface area contributed by atoms with E-state index < -0.39 is 6.10 Å². The molecular weight excluding hydrogens is 289 g/mol. The third-order valence-electron chi connectivity index (χ3n) is 2.99. The molecule has 0 saturated heterocycles. The lowest BCUT2D eigenvalue weighted by molar-refractivity contribution is 0.0300. The number of rotatable bonds is 9. The Bertz CT molecular complexity index is 519. The van der Waals surface area contributed by atoms with Crippen LogP contribution in [-0.4, -0.2) is 30.9 Å². The van der Waals surface area contributed by atoms with Gasteiger partial charge in [0.25, 0.3) is 0 Å². The fourth-order valence-corrected chi connectivity index (χ4v) is 2.58. The van der Waals surface area contributed by atoms with Crippen LogP contribution in [0.15, 0.2) is 41.8 Å². The summed E-state index contributed by atoms with van der Waals surface area (Å²) in [5.41, 5.74) is 0.950. The Kier molecular flexibility index (Phi) is 6.82. The quantitative estimate of drug-likeness (QED) is 0.700. The Morgan fingerprint density at radius 1 is 1.29 bits per heavy atom. The first-order valence-electron chi connectivity index (χ1n) is 6.97. The zero-order chi connectivity index (χ0) is 14.9. The smallest absolute Gasteiger partial charge is 0.123 e. The number of hydrogen-bond donors (Lipinski definition) is 2. The van der Waals surface area contributed by atoms with Gasteiger partial charge in [0.1, 0.15) is 5.82 Å². The van der Waals surface area contributed by atoms with Crippen LogP contribution in [0, 0.1) is 5.82 Å². The number of aliphatic hydroxyl groups is 1. The van der Waals surface area contributed by atoms with Gasteiger partial charge in [0.05, 0.1) is 19.3 Å². The van der Waals surface area contributed by atoms with Crippen molar-refractivity contribution in [3.05, 3.63) is 58.0 Å². The van der Waals surface area contributed by atoms with Gasteiger partial charge in [-0.15, -0.1) is 11.3 Å². The van der Waals surface area contributed by atoms with Gasteiger partial charge in [0.2, 0.25) is 0 Å². The fraction of sp³-hybridized carbons (Fsp3) is 0.375. The summed E-state index contributed by atoms with van der Waals surface area (Å²) < 4.78 is 18.4. The minimum Gasteiger partial charge on any atom is -0.389 e. The maximum Gasteiger partial charge on any atom is 0.123 e. The zero-order valence-corrected chi connectivity index (χ0v) is 12.6. The maximum absolute atomic E-state index is 13.0. The molecule has 1 unspecified atom stereocenters. The molecule has 21 heavy (non-hydrogen) atoms. The normalized spacial score (nSPS) is 12.5. The highest BCUT2D eigenvalue weighted by Gasteiger charge is 2.04. The van der Waals surface area contributed by atoms with Crippen LogP contribution in [0.1, 0.15) is 10.4 Å². The van der Waals surface area contributed by atoms with E-state index in [1.807, 2.05) is 23.6 Å². The van der Waals surface area contributed by atoms with Crippen LogP contribution in [0.4, 0.5) is 4.39 Å². The molecule has 0 amide bonds. The molecule has 0 spiro atoms. The van der Waals surface area contributed by atoms with E-state index in [1.54, 1.807) is 17.4 Å². The summed E-state index contributed by atoms with van der Waals surface area (Å²) in [6, 6.07) is 10.6. The van der Waals surface area contributed by atoms with Crippen LogP contribution in [0.25, 0.3) is 0 Å². The van der Waals surface area contributed by atoms with Crippen LogP contribution in [0.3, 0.4) is 0 Å². The van der Waals surface area contributed by atoms with E-state index in [2.05, 4.69) is 5.32 Å². The molecule has 1 aromatic carbocycles. The van der Waals surface area contributed by atoms with Gasteiger partial charge in [0, 0.05) is 11.4 Å². The summed E-state index contributed by atoms with van der Waals surface area (Å²) >= 11 is 1.64. The van der Waals surface area contributed by atoms with Crippen molar-refractivity contribution in [3.63, 3.8) is 0 Å². The van der Waals surface area contributed by atoms with Crippen molar-refractivity contribution in [2.45, 2.75) is 19.1 Å². The summed E-state index contributed by atoms with van der Waals surface area (Å²) in [5, 5.41) is 14.9. The molecule has 0 aliphatic rings. The topological polar surface area (TPSA) is 41.5 Å². The SMILES string of the molecule is OC(CNCCc1cccc(F)c1)COCc1cccs1. The van der Waals surface area contributed by atoms with E-state index in [-0.39, 0.29) is 5.82 Å². The molecule has 0 bridgehead atoms. The van der Waals surface area contributed by atoms with Gasteiger partial charge in [-0.1, -0.05) is 18.2 Å². The second kappa shape index (κ2) is 8.89. The lowest BCUT2D eigenvalue weighted by Gasteiger charge is -2.12. The molecule has 2 rings (SSSR count). The van der Waals surface area contributed by atoms with Crippen molar-refractivity contribution in [2.75, 3.05) is 19.7 Å². The highest BCUT2D eigenvalue weighted by molar-refractivity contribution is 7.09. The molecule has 3 nitrogen and oxygen atoms in total. The van der Waals surface area contributed by atoms with Crippen molar-refractivity contribution >= 4 is 11.3 Å². The molecule has 0 aliphatic carbocycles. The van der Waals surface area contributed by atoms with Crippen LogP contribution < -0.4 is 5.32 Å². The number of nitrogens with one attached hydrogen (secondary N) is 1. The molecule has 0 aliphatic heterocycles. The highest BCUT2D eigenvalue weighted by Crippen LogP contribution is 2.09. The fourth-order valence-electron chi connectivity index (χ4n) is 1.94. The van der Waals surface area contributed by atoms with Gasteiger partial charge in [0.15, 0.2) is 0 Å². The number of benzene rings is 1. The first-order chi connectivity index (χ1) is 10.2. The third kappa shape index (κ3) is 6.35. The summed E-state index contributed by atoms with van der Waals surface area (Å²) in [7, 11) is 0. The molecule has 0 fully saturated rings. The van der Waals surface area contributed by atoms with Gasteiger partial charge in [-0.05, 0) is 42.1 Å². The number of aliphatic hydroxyl groups excluding tert-OH is 1. The molecule has 5 heteroatoms. The second-order valence-corrected chi connectivity index (χ2v) is 5.86. The van der Waals surface area contributed by atoms with E-state index in [1.165, 1.54) is 12.1 Å². The number of thiophene rings is 1. The van der Waals surface area contributed by atoms with Gasteiger partial charge in [-0.2, -0.15) is 0 Å². The van der Waals surface area contributed by atoms with Crippen molar-refractivity contribution in [1.29, 1.82) is 0 Å². The predicted octanol–water partition coefficient (Wildman–Crippen LogP) is 2.60. The van der Waals surface area contributed by atoms with Crippen LogP contribution in [-0.2, 0) is 17.8 Å². The van der Waals surface area contributed by atoms with Crippen LogP contribution >= 0.6 is 11.3 Å². The van der Waals surface area contributed by atoms with Crippen LogP contribution in [0.5, 0.6) is 0 Å². The monoisotopic (exact) mass is 309 g/mol. The molecule has 0 saturated carbocycles. The first kappa shape index (κ1) is 16.1. The molecule has 2 aromatic rings. The Morgan fingerprint density at radius 2 is 2.19 bits per heavy atom. The molecule has 1 aromatic heterocycles. The molecule has 1 heterocycles. The Morgan fingerprint density at radius 3 is 2.95 bits per heavy atom. The van der Waals surface area contributed by atoms with E-state index in [4.69, 9.17) is 4.74 Å². The van der Waals surface area contributed by atoms with Crippen molar-refractivity contribution in [2.24, 2.45) is 0 Å². The van der Waals surface area contributed by atoms with Crippen molar-refractivity contribution < 1.29 is 14.2 Å². The minimum atomic E-state index is -0.530. The average molecular weight is 309 g/mol. The van der Waals surface area contributed by atoms with E-state index >= 15 is 0 Å². The van der Waals surface area contributed by atoms with Gasteiger partial charge >= 0.3 is 0 Å². The van der Waals surface area contributed by atoms with Crippen molar-refractivity contribution in [3.8, 4) is 0 Å². The standard InChI is InChI=1S/C16H20FNO2S/c17-14-4-1-3-13(9-14)6-7-18-10-15(19)11-20-12-16-5-2-8-21-16/h1-5,8-9,15,18-19H,6-7,10-12H2. The van der Waals surface area contributed by atoms with E-state index in [0.717, 1.165) is 16.9 Å². The number of ether oxygens (including phenoxy) is 1. The van der Waals surface area contributed by atoms with E-state index in [9.17, 15) is 9.50 Å². The maximum atomic E-state index is 13.0. The minimum absolute atomic E-state index is 0.213. The first-order valence-corrected chi connectivity index (χ1v) is 7.85. The molecule has 1 atom stereocenters. The largest absolute Gasteiger partial charge is 0.389 e. The molecular formula is C16H20FNO2S. The molecule has 2 N–H and O–H groups in total. The number of hydrogen-bond acceptors (Lipinski definition) is 4. The summed E-state index contributed by atoms with van der Waals surface area (Å²) in [4.78, 5) is 1.15. The lowest BCUT2D eigenvalue weighted by atomic mass is 10.1. The zero-order valence-electron chi connectivity index (χ0n) is 11.8.